The summed E-state index contributed by atoms with van der Waals surface area (Å²) in [6, 6.07) is 10.1. The first-order chi connectivity index (χ1) is 13.6. The van der Waals surface area contributed by atoms with Crippen molar-refractivity contribution in [1.29, 1.82) is 0 Å². The van der Waals surface area contributed by atoms with Crippen LogP contribution in [0.5, 0.6) is 17.4 Å². The van der Waals surface area contributed by atoms with E-state index in [1.165, 1.54) is 24.5 Å². The molecule has 0 atom stereocenters. The van der Waals surface area contributed by atoms with E-state index in [9.17, 15) is 9.59 Å². The summed E-state index contributed by atoms with van der Waals surface area (Å²) in [5, 5.41) is 5.60. The van der Waals surface area contributed by atoms with Gasteiger partial charge in [-0.2, -0.15) is 0 Å². The maximum atomic E-state index is 12.4. The van der Waals surface area contributed by atoms with Gasteiger partial charge in [0.1, 0.15) is 17.3 Å². The Balaban J connectivity index is 1.40. The zero-order valence-corrected chi connectivity index (χ0v) is 15.7. The number of Topliss-reactive ketones (excluding diaryl/α,β-unsaturated/α-hetero) is 1. The van der Waals surface area contributed by atoms with Gasteiger partial charge in [-0.3, -0.25) is 9.59 Å². The average molecular weight is 397 g/mol. The van der Waals surface area contributed by atoms with Crippen molar-refractivity contribution < 1.29 is 28.3 Å². The molecule has 1 aliphatic heterocycles. The van der Waals surface area contributed by atoms with Crippen LogP contribution in [0.1, 0.15) is 27.4 Å². The lowest BCUT2D eigenvalue weighted by molar-refractivity contribution is -0.134. The minimum absolute atomic E-state index is 0.110. The molecule has 4 rings (SSSR count). The summed E-state index contributed by atoms with van der Waals surface area (Å²) in [6.45, 7) is 0. The average Bonchev–Trinajstić information content (AvgIpc) is 3.42. The van der Waals surface area contributed by atoms with Gasteiger partial charge in [-0.15, -0.1) is 11.3 Å². The highest BCUT2D eigenvalue weighted by atomic mass is 32.1. The molecule has 0 N–H and O–H groups in total. The van der Waals surface area contributed by atoms with Crippen LogP contribution in [0.25, 0.3) is 6.08 Å². The van der Waals surface area contributed by atoms with Gasteiger partial charge in [0.25, 0.3) is 5.88 Å². The largest absolute Gasteiger partial charge is 0.479 e. The zero-order valence-electron chi connectivity index (χ0n) is 14.8. The lowest BCUT2D eigenvalue weighted by Crippen LogP contribution is -2.08. The number of ketones is 1. The van der Waals surface area contributed by atoms with Crippen LogP contribution in [0.2, 0.25) is 0 Å². The van der Waals surface area contributed by atoms with Crippen molar-refractivity contribution in [2.75, 3.05) is 7.11 Å². The quantitative estimate of drug-likeness (QED) is 0.354. The van der Waals surface area contributed by atoms with E-state index in [2.05, 4.69) is 5.16 Å². The number of carbonyl (C=O) groups is 2. The lowest BCUT2D eigenvalue weighted by atomic mass is 10.1. The molecule has 2 aromatic heterocycles. The van der Waals surface area contributed by atoms with E-state index in [0.717, 1.165) is 4.88 Å². The minimum atomic E-state index is -0.436. The number of aromatic nitrogens is 1. The SMILES string of the molecule is COc1cc(CCC(=O)Oc2ccc3c(c2)O/C(=C\c2cccs2)C3=O)on1. The Labute approximate surface area is 164 Å². The normalized spacial score (nSPS) is 14.0. The fourth-order valence-electron chi connectivity index (χ4n) is 2.65. The molecule has 0 saturated carbocycles. The van der Waals surface area contributed by atoms with Gasteiger partial charge in [0.05, 0.1) is 19.1 Å². The first-order valence-corrected chi connectivity index (χ1v) is 9.32. The first kappa shape index (κ1) is 18.0. The van der Waals surface area contributed by atoms with Crippen molar-refractivity contribution in [3.8, 4) is 17.4 Å². The fraction of sp³-hybridized carbons (Fsp3) is 0.150. The summed E-state index contributed by atoms with van der Waals surface area (Å²) in [7, 11) is 1.48. The van der Waals surface area contributed by atoms with E-state index < -0.39 is 5.97 Å². The number of rotatable bonds is 6. The Morgan fingerprint density at radius 3 is 2.93 bits per heavy atom. The number of aryl methyl sites for hydroxylation is 1. The number of fused-ring (bicyclic) bond motifs is 1. The van der Waals surface area contributed by atoms with Gasteiger partial charge in [0.2, 0.25) is 5.78 Å². The molecule has 0 amide bonds. The molecule has 0 radical (unpaired) electrons. The number of ether oxygens (including phenoxy) is 3. The number of allylic oxidation sites excluding steroid dienone is 1. The van der Waals surface area contributed by atoms with Crippen LogP contribution in [0.15, 0.2) is 52.1 Å². The molecule has 7 nitrogen and oxygen atoms in total. The molecule has 3 aromatic rings. The maximum absolute atomic E-state index is 12.4. The van der Waals surface area contributed by atoms with Gasteiger partial charge in [0.15, 0.2) is 5.76 Å². The molecule has 3 heterocycles. The van der Waals surface area contributed by atoms with Crippen molar-refractivity contribution in [3.63, 3.8) is 0 Å². The molecule has 142 valence electrons. The number of nitrogens with zero attached hydrogens (tertiary/aromatic N) is 1. The molecule has 0 fully saturated rings. The second-order valence-corrected chi connectivity index (χ2v) is 6.90. The molecule has 0 spiro atoms. The van der Waals surface area contributed by atoms with Crippen molar-refractivity contribution in [2.45, 2.75) is 12.8 Å². The Morgan fingerprint density at radius 1 is 1.29 bits per heavy atom. The number of esters is 1. The first-order valence-electron chi connectivity index (χ1n) is 8.44. The highest BCUT2D eigenvalue weighted by Gasteiger charge is 2.28. The Hall–Kier alpha value is -3.39. The molecule has 8 heteroatoms. The maximum Gasteiger partial charge on any atom is 0.311 e. The number of hydrogen-bond donors (Lipinski definition) is 0. The Bertz CT molecular complexity index is 1050. The van der Waals surface area contributed by atoms with E-state index in [-0.39, 0.29) is 18.0 Å². The summed E-state index contributed by atoms with van der Waals surface area (Å²) in [5.41, 5.74) is 0.441. The summed E-state index contributed by atoms with van der Waals surface area (Å²) in [5.74, 6) is 1.19. The smallest absolute Gasteiger partial charge is 0.311 e. The van der Waals surface area contributed by atoms with Crippen molar-refractivity contribution in [1.82, 2.24) is 5.16 Å². The Morgan fingerprint density at radius 2 is 2.18 bits per heavy atom. The second kappa shape index (κ2) is 7.69. The molecule has 0 unspecified atom stereocenters. The standard InChI is InChI=1S/C20H15NO6S/c1-24-18-10-13(27-21-18)5-7-19(22)25-12-4-6-15-16(9-12)26-17(20(15)23)11-14-3-2-8-28-14/h2-4,6,8-11H,5,7H2,1H3/b17-11-. The monoisotopic (exact) mass is 397 g/mol. The van der Waals surface area contributed by atoms with E-state index in [4.69, 9.17) is 18.7 Å². The second-order valence-electron chi connectivity index (χ2n) is 5.92. The summed E-state index contributed by atoms with van der Waals surface area (Å²) in [4.78, 5) is 25.4. The predicted molar refractivity (Wildman–Crippen MR) is 101 cm³/mol. The predicted octanol–water partition coefficient (Wildman–Crippen LogP) is 3.90. The third-order valence-electron chi connectivity index (χ3n) is 4.01. The molecule has 1 aliphatic rings. The van der Waals surface area contributed by atoms with E-state index in [1.807, 2.05) is 17.5 Å². The molecule has 1 aromatic carbocycles. The summed E-state index contributed by atoms with van der Waals surface area (Å²) >= 11 is 1.51. The van der Waals surface area contributed by atoms with Crippen molar-refractivity contribution >= 4 is 29.2 Å². The molecule has 0 saturated heterocycles. The fourth-order valence-corrected chi connectivity index (χ4v) is 3.30. The number of methoxy groups -OCH3 is 1. The van der Waals surface area contributed by atoms with E-state index in [0.29, 0.717) is 35.1 Å². The van der Waals surface area contributed by atoms with Crippen molar-refractivity contribution in [3.05, 3.63) is 63.7 Å². The van der Waals surface area contributed by atoms with Gasteiger partial charge < -0.3 is 18.7 Å². The molecule has 0 bridgehead atoms. The Kier molecular flexibility index (Phi) is 4.94. The van der Waals surface area contributed by atoms with Crippen LogP contribution < -0.4 is 14.2 Å². The number of carbonyl (C=O) groups excluding carboxylic acids is 2. The molecular formula is C20H15NO6S. The highest BCUT2D eigenvalue weighted by Crippen LogP contribution is 2.35. The van der Waals surface area contributed by atoms with Crippen LogP contribution in [0.3, 0.4) is 0 Å². The van der Waals surface area contributed by atoms with Gasteiger partial charge in [-0.05, 0) is 28.7 Å². The molecule has 28 heavy (non-hydrogen) atoms. The topological polar surface area (TPSA) is 87.9 Å². The van der Waals surface area contributed by atoms with E-state index >= 15 is 0 Å². The number of thiophene rings is 1. The third-order valence-corrected chi connectivity index (χ3v) is 4.83. The van der Waals surface area contributed by atoms with Crippen LogP contribution in [0, 0.1) is 0 Å². The third kappa shape index (κ3) is 3.81. The lowest BCUT2D eigenvalue weighted by Gasteiger charge is -2.05. The van der Waals surface area contributed by atoms with Crippen LogP contribution in [-0.4, -0.2) is 24.0 Å². The van der Waals surface area contributed by atoms with Gasteiger partial charge in [0, 0.05) is 29.5 Å². The van der Waals surface area contributed by atoms with Gasteiger partial charge in [-0.25, -0.2) is 0 Å². The minimum Gasteiger partial charge on any atom is -0.479 e. The van der Waals surface area contributed by atoms with Crippen LogP contribution in [0.4, 0.5) is 0 Å². The summed E-state index contributed by atoms with van der Waals surface area (Å²) < 4.78 is 20.9. The highest BCUT2D eigenvalue weighted by molar-refractivity contribution is 7.10. The van der Waals surface area contributed by atoms with Crippen LogP contribution >= 0.6 is 11.3 Å². The van der Waals surface area contributed by atoms with Crippen LogP contribution in [-0.2, 0) is 11.2 Å². The van der Waals surface area contributed by atoms with Gasteiger partial charge >= 0.3 is 5.97 Å². The van der Waals surface area contributed by atoms with Gasteiger partial charge in [-0.1, -0.05) is 6.07 Å². The zero-order chi connectivity index (χ0) is 19.5. The molecule has 0 aliphatic carbocycles. The van der Waals surface area contributed by atoms with E-state index in [1.54, 1.807) is 24.3 Å². The number of benzene rings is 1. The van der Waals surface area contributed by atoms with Crippen molar-refractivity contribution in [2.24, 2.45) is 0 Å². The summed E-state index contributed by atoms with van der Waals surface area (Å²) in [6.07, 6.45) is 2.14. The molecular weight excluding hydrogens is 382 g/mol. The number of hydrogen-bond acceptors (Lipinski definition) is 8.